The number of hydrogen-bond donors (Lipinski definition) is 4. The molecule has 2 unspecified atom stereocenters. The predicted octanol–water partition coefficient (Wildman–Crippen LogP) is 5.17. The molecule has 0 saturated heterocycles. The number of amides is 1. The number of carbonyl (C=O) groups excluding carboxylic acids is 1. The zero-order chi connectivity index (χ0) is 26.8. The first-order valence-corrected chi connectivity index (χ1v) is 12.5. The van der Waals surface area contributed by atoms with E-state index in [0.717, 1.165) is 11.1 Å². The van der Waals surface area contributed by atoms with Crippen LogP contribution in [0.1, 0.15) is 40.5 Å². The summed E-state index contributed by atoms with van der Waals surface area (Å²) >= 11 is 6.41. The van der Waals surface area contributed by atoms with E-state index in [1.54, 1.807) is 12.3 Å². The van der Waals surface area contributed by atoms with Gasteiger partial charge in [0, 0.05) is 44.9 Å². The molecule has 2 heterocycles. The highest BCUT2D eigenvalue weighted by atomic mass is 79.9. The van der Waals surface area contributed by atoms with Crippen molar-refractivity contribution in [1.82, 2.24) is 15.3 Å². The third-order valence-corrected chi connectivity index (χ3v) is 5.99. The number of carboxylic acid groups (broad SMARTS) is 1. The van der Waals surface area contributed by atoms with E-state index >= 15 is 0 Å². The van der Waals surface area contributed by atoms with Crippen LogP contribution >= 0.6 is 44.3 Å². The van der Waals surface area contributed by atoms with Crippen LogP contribution in [0.25, 0.3) is 0 Å². The summed E-state index contributed by atoms with van der Waals surface area (Å²) < 4.78 is 1.35. The summed E-state index contributed by atoms with van der Waals surface area (Å²) in [5, 5.41) is 30.8. The van der Waals surface area contributed by atoms with Gasteiger partial charge in [-0.3, -0.25) is 14.8 Å². The Hall–Kier alpha value is -3.15. The van der Waals surface area contributed by atoms with Gasteiger partial charge in [-0.1, -0.05) is 60.7 Å². The molecule has 2 aromatic heterocycles. The molecule has 2 aromatic carbocycles. The quantitative estimate of drug-likeness (QED) is 0.214. The maximum absolute atomic E-state index is 12.6. The minimum absolute atomic E-state index is 0. The van der Waals surface area contributed by atoms with Gasteiger partial charge in [-0.15, -0.1) is 12.4 Å². The van der Waals surface area contributed by atoms with E-state index in [-0.39, 0.29) is 24.0 Å². The summed E-state index contributed by atoms with van der Waals surface area (Å²) in [5.41, 5.74) is 2.59. The first-order valence-electron chi connectivity index (χ1n) is 11.0. The first-order chi connectivity index (χ1) is 17.8. The lowest BCUT2D eigenvalue weighted by atomic mass is 9.98. The fraction of sp³-hybridized carbons (Fsp3) is 0.111. The molecule has 0 aliphatic rings. The van der Waals surface area contributed by atoms with Crippen molar-refractivity contribution in [2.45, 2.75) is 18.2 Å². The molecular formula is C27H24Br2ClN3O5. The van der Waals surface area contributed by atoms with E-state index < -0.39 is 24.1 Å². The fourth-order valence-corrected chi connectivity index (χ4v) is 4.09. The molecule has 0 aliphatic heterocycles. The van der Waals surface area contributed by atoms with Crippen LogP contribution < -0.4 is 5.32 Å². The van der Waals surface area contributed by atoms with Crippen molar-refractivity contribution in [1.29, 1.82) is 0 Å². The van der Waals surface area contributed by atoms with Crippen LogP contribution in [0, 0.1) is 0 Å². The lowest BCUT2D eigenvalue weighted by molar-refractivity contribution is -0.147. The van der Waals surface area contributed by atoms with Gasteiger partial charge in [0.2, 0.25) is 0 Å². The zero-order valence-corrected chi connectivity index (χ0v) is 23.7. The van der Waals surface area contributed by atoms with Crippen molar-refractivity contribution in [3.8, 4) is 0 Å². The number of nitrogens with zero attached hydrogens (tertiary/aromatic N) is 2. The van der Waals surface area contributed by atoms with E-state index in [9.17, 15) is 14.7 Å². The third-order valence-electron chi connectivity index (χ3n) is 5.12. The van der Waals surface area contributed by atoms with Crippen LogP contribution in [0.5, 0.6) is 0 Å². The third kappa shape index (κ3) is 9.00. The molecule has 11 heteroatoms. The van der Waals surface area contributed by atoms with Crippen molar-refractivity contribution < 1.29 is 24.9 Å². The van der Waals surface area contributed by atoms with Crippen LogP contribution in [0.15, 0.2) is 107 Å². The summed E-state index contributed by atoms with van der Waals surface area (Å²) in [6.07, 6.45) is 3.11. The van der Waals surface area contributed by atoms with Gasteiger partial charge in [-0.05, 0) is 55.1 Å². The molecule has 4 rings (SSSR count). The Labute approximate surface area is 242 Å². The topological polar surface area (TPSA) is 133 Å². The Morgan fingerprint density at radius 2 is 1.11 bits per heavy atom. The molecule has 38 heavy (non-hydrogen) atoms. The molecular weight excluding hydrogens is 642 g/mol. The Bertz CT molecular complexity index is 1290. The molecule has 0 spiro atoms. The summed E-state index contributed by atoms with van der Waals surface area (Å²) in [5.74, 6) is -1.76. The number of rotatable bonds is 7. The summed E-state index contributed by atoms with van der Waals surface area (Å²) in [6, 6.07) is 22.2. The van der Waals surface area contributed by atoms with E-state index in [0.29, 0.717) is 14.5 Å². The smallest absolute Gasteiger partial charge is 0.337 e. The minimum atomic E-state index is -1.50. The zero-order valence-electron chi connectivity index (χ0n) is 19.7. The normalized spacial score (nSPS) is 11.8. The molecule has 2 atom stereocenters. The highest BCUT2D eigenvalue weighted by Gasteiger charge is 2.23. The van der Waals surface area contributed by atoms with Crippen LogP contribution in [-0.2, 0) is 9.59 Å². The van der Waals surface area contributed by atoms with Gasteiger partial charge in [0.05, 0.1) is 6.04 Å². The van der Waals surface area contributed by atoms with Crippen LogP contribution in [-0.4, -0.2) is 37.2 Å². The first kappa shape index (κ1) is 31.1. The van der Waals surface area contributed by atoms with Gasteiger partial charge in [-0.2, -0.15) is 0 Å². The Balaban J connectivity index is 0.000000330. The maximum Gasteiger partial charge on any atom is 0.337 e. The van der Waals surface area contributed by atoms with Gasteiger partial charge >= 0.3 is 5.97 Å². The van der Waals surface area contributed by atoms with Gasteiger partial charge in [0.25, 0.3) is 5.91 Å². The van der Waals surface area contributed by atoms with Crippen molar-refractivity contribution in [3.05, 3.63) is 129 Å². The lowest BCUT2D eigenvalue weighted by Crippen LogP contribution is -2.33. The van der Waals surface area contributed by atoms with Gasteiger partial charge in [0.15, 0.2) is 12.2 Å². The highest BCUT2D eigenvalue weighted by molar-refractivity contribution is 9.10. The predicted molar refractivity (Wildman–Crippen MR) is 152 cm³/mol. The number of carboxylic acids is 1. The summed E-state index contributed by atoms with van der Waals surface area (Å²) in [6.45, 7) is 0. The number of aromatic nitrogens is 2. The second kappa shape index (κ2) is 15.3. The maximum atomic E-state index is 12.6. The van der Waals surface area contributed by atoms with E-state index in [1.807, 2.05) is 60.7 Å². The molecule has 0 fully saturated rings. The SMILES string of the molecule is Cl.O=C(NC(c1ccccc1)c1ccccc1)C(O)c1cncc(Br)c1.O=C(O)C(O)c1cncc(Br)c1. The number of nitrogens with one attached hydrogen (secondary N) is 1. The number of benzene rings is 2. The largest absolute Gasteiger partial charge is 0.479 e. The lowest BCUT2D eigenvalue weighted by Gasteiger charge is -2.22. The standard InChI is InChI=1S/C20H17BrN2O2.C7H6BrNO3.ClH/c21-17-11-16(12-22-13-17)19(24)20(25)23-18(14-7-3-1-4-8-14)15-9-5-2-6-10-15;8-5-1-4(2-9-3-5)6(10)7(11)12;/h1-13,18-19,24H,(H,23,25);1-3,6,10H,(H,11,12);1H. The fourth-order valence-electron chi connectivity index (χ4n) is 3.32. The highest BCUT2D eigenvalue weighted by Crippen LogP contribution is 2.24. The van der Waals surface area contributed by atoms with Crippen LogP contribution in [0.4, 0.5) is 0 Å². The Kier molecular flexibility index (Phi) is 12.5. The number of carbonyl (C=O) groups is 2. The molecule has 4 aromatic rings. The molecule has 0 bridgehead atoms. The second-order valence-electron chi connectivity index (χ2n) is 7.78. The van der Waals surface area contributed by atoms with Crippen molar-refractivity contribution in [3.63, 3.8) is 0 Å². The van der Waals surface area contributed by atoms with E-state index in [1.165, 1.54) is 24.7 Å². The monoisotopic (exact) mass is 663 g/mol. The average molecular weight is 666 g/mol. The molecule has 0 saturated carbocycles. The number of hydrogen-bond acceptors (Lipinski definition) is 6. The molecule has 0 radical (unpaired) electrons. The minimum Gasteiger partial charge on any atom is -0.479 e. The van der Waals surface area contributed by atoms with Gasteiger partial charge < -0.3 is 20.6 Å². The van der Waals surface area contributed by atoms with Crippen molar-refractivity contribution in [2.24, 2.45) is 0 Å². The summed E-state index contributed by atoms with van der Waals surface area (Å²) in [4.78, 5) is 30.6. The van der Waals surface area contributed by atoms with Gasteiger partial charge in [0.1, 0.15) is 0 Å². The Morgan fingerprint density at radius 3 is 1.50 bits per heavy atom. The molecule has 198 valence electrons. The summed E-state index contributed by atoms with van der Waals surface area (Å²) in [7, 11) is 0. The molecule has 8 nitrogen and oxygen atoms in total. The second-order valence-corrected chi connectivity index (χ2v) is 9.61. The van der Waals surface area contributed by atoms with Crippen LogP contribution in [0.2, 0.25) is 0 Å². The number of aliphatic carboxylic acids is 1. The molecule has 1 amide bonds. The van der Waals surface area contributed by atoms with E-state index in [2.05, 4.69) is 47.1 Å². The average Bonchev–Trinajstić information content (AvgIpc) is 2.92. The molecule has 0 aliphatic carbocycles. The van der Waals surface area contributed by atoms with Crippen LogP contribution in [0.3, 0.4) is 0 Å². The van der Waals surface area contributed by atoms with E-state index in [4.69, 9.17) is 10.2 Å². The van der Waals surface area contributed by atoms with Gasteiger partial charge in [-0.25, -0.2) is 4.79 Å². The Morgan fingerprint density at radius 1 is 0.684 bits per heavy atom. The number of aliphatic hydroxyl groups excluding tert-OH is 2. The van der Waals surface area contributed by atoms with Crippen molar-refractivity contribution >= 4 is 56.1 Å². The number of aliphatic hydroxyl groups is 2. The number of halogens is 3. The number of pyridine rings is 2. The van der Waals surface area contributed by atoms with Crippen molar-refractivity contribution in [2.75, 3.05) is 0 Å². The molecule has 4 N–H and O–H groups in total.